The summed E-state index contributed by atoms with van der Waals surface area (Å²) in [4.78, 5) is 12.8. The van der Waals surface area contributed by atoms with Crippen molar-refractivity contribution in [3.05, 3.63) is 23.3 Å². The van der Waals surface area contributed by atoms with E-state index in [1.807, 2.05) is 0 Å². The summed E-state index contributed by atoms with van der Waals surface area (Å²) in [6.07, 6.45) is 12.6. The zero-order valence-corrected chi connectivity index (χ0v) is 22.0. The fourth-order valence-electron chi connectivity index (χ4n) is 10.2. The molecule has 0 bridgehead atoms. The molecule has 9 atom stereocenters. The van der Waals surface area contributed by atoms with Crippen molar-refractivity contribution < 1.29 is 15.0 Å². The van der Waals surface area contributed by atoms with Crippen LogP contribution < -0.4 is 0 Å². The SMILES string of the molecule is C[C@@H]1CC[C@]2(C(=O)O)CC[C@]3(C)C(=C2[C@H]1C)C=C[C@@H]1[C@@]2(C)CC[C@H](O)C(C)(C)[C@@H]2CC[C@]13C. The van der Waals surface area contributed by atoms with E-state index in [-0.39, 0.29) is 27.8 Å². The largest absolute Gasteiger partial charge is 0.481 e. The van der Waals surface area contributed by atoms with Crippen LogP contribution in [0.5, 0.6) is 0 Å². The summed E-state index contributed by atoms with van der Waals surface area (Å²) in [5.74, 6) is 1.26. The summed E-state index contributed by atoms with van der Waals surface area (Å²) >= 11 is 0. The molecule has 0 aromatic rings. The van der Waals surface area contributed by atoms with E-state index in [0.29, 0.717) is 23.7 Å². The van der Waals surface area contributed by atoms with Crippen LogP contribution in [0.2, 0.25) is 0 Å². The minimum Gasteiger partial charge on any atom is -0.481 e. The number of carboxylic acids is 1. The summed E-state index contributed by atoms with van der Waals surface area (Å²) < 4.78 is 0. The minimum atomic E-state index is -0.660. The van der Waals surface area contributed by atoms with Gasteiger partial charge in [-0.15, -0.1) is 0 Å². The van der Waals surface area contributed by atoms with E-state index >= 15 is 0 Å². The molecule has 0 spiro atoms. The molecule has 0 aliphatic heterocycles. The molecule has 0 aromatic carbocycles. The second-order valence-electron chi connectivity index (χ2n) is 14.1. The zero-order valence-electron chi connectivity index (χ0n) is 22.0. The van der Waals surface area contributed by atoms with Gasteiger partial charge in [-0.3, -0.25) is 4.79 Å². The quantitative estimate of drug-likeness (QED) is 0.448. The van der Waals surface area contributed by atoms with Crippen LogP contribution in [0.25, 0.3) is 0 Å². The van der Waals surface area contributed by atoms with Crippen molar-refractivity contribution in [3.63, 3.8) is 0 Å². The molecule has 0 amide bonds. The van der Waals surface area contributed by atoms with E-state index in [1.54, 1.807) is 0 Å². The molecule has 5 rings (SSSR count). The lowest BCUT2D eigenvalue weighted by Crippen LogP contribution is -2.63. The van der Waals surface area contributed by atoms with Crippen molar-refractivity contribution in [1.82, 2.24) is 0 Å². The van der Waals surface area contributed by atoms with Gasteiger partial charge in [0.15, 0.2) is 0 Å². The molecule has 3 heteroatoms. The topological polar surface area (TPSA) is 57.5 Å². The van der Waals surface area contributed by atoms with E-state index in [2.05, 4.69) is 60.6 Å². The molecule has 33 heavy (non-hydrogen) atoms. The predicted octanol–water partition coefficient (Wildman–Crippen LogP) is 7.01. The molecule has 0 aromatic heterocycles. The lowest BCUT2D eigenvalue weighted by molar-refractivity contribution is -0.183. The Morgan fingerprint density at radius 1 is 0.939 bits per heavy atom. The Morgan fingerprint density at radius 2 is 1.64 bits per heavy atom. The first-order chi connectivity index (χ1) is 15.3. The molecule has 0 heterocycles. The Hall–Kier alpha value is -1.09. The molecule has 5 aliphatic carbocycles. The molecule has 3 saturated carbocycles. The molecule has 3 fully saturated rings. The second-order valence-corrected chi connectivity index (χ2v) is 14.1. The van der Waals surface area contributed by atoms with Gasteiger partial charge in [0.05, 0.1) is 11.5 Å². The van der Waals surface area contributed by atoms with E-state index in [4.69, 9.17) is 0 Å². The molecule has 3 nitrogen and oxygen atoms in total. The maximum Gasteiger partial charge on any atom is 0.313 e. The molecule has 0 unspecified atom stereocenters. The number of hydrogen-bond acceptors (Lipinski definition) is 2. The Bertz CT molecular complexity index is 929. The number of aliphatic carboxylic acids is 1. The van der Waals surface area contributed by atoms with E-state index in [9.17, 15) is 15.0 Å². The molecule has 0 saturated heterocycles. The van der Waals surface area contributed by atoms with Crippen molar-refractivity contribution in [3.8, 4) is 0 Å². The first-order valence-corrected chi connectivity index (χ1v) is 13.6. The molecule has 0 radical (unpaired) electrons. The zero-order chi connectivity index (χ0) is 24.2. The minimum absolute atomic E-state index is 0.0141. The second kappa shape index (κ2) is 6.99. The first-order valence-electron chi connectivity index (χ1n) is 13.6. The number of rotatable bonds is 1. The molecular weight excluding hydrogens is 408 g/mol. The van der Waals surface area contributed by atoms with Crippen LogP contribution in [0.1, 0.15) is 99.8 Å². The van der Waals surface area contributed by atoms with Crippen LogP contribution in [0.3, 0.4) is 0 Å². The summed E-state index contributed by atoms with van der Waals surface area (Å²) in [5.41, 5.74) is 2.25. The monoisotopic (exact) mass is 454 g/mol. The third kappa shape index (κ3) is 2.69. The number of carboxylic acid groups (broad SMARTS) is 1. The summed E-state index contributed by atoms with van der Waals surface area (Å²) in [6.45, 7) is 16.7. The molecule has 184 valence electrons. The fourth-order valence-corrected chi connectivity index (χ4v) is 10.2. The maximum atomic E-state index is 12.8. The fraction of sp³-hybridized carbons (Fsp3) is 0.833. The van der Waals surface area contributed by atoms with E-state index < -0.39 is 11.4 Å². The summed E-state index contributed by atoms with van der Waals surface area (Å²) in [5, 5.41) is 21.4. The van der Waals surface area contributed by atoms with Crippen LogP contribution in [0.15, 0.2) is 23.3 Å². The average Bonchev–Trinajstić information content (AvgIpc) is 2.74. The standard InChI is InChI=1S/C30H46O3/c1-18-10-15-30(25(32)33)17-16-28(6)20(24(30)19(18)2)8-9-22-27(5)13-12-23(31)26(3,4)21(27)11-14-29(22,28)7/h8-9,18-19,21-23,31H,10-17H2,1-7H3,(H,32,33)/t18-,19+,21+,22-,23+,27+,28-,29-,30+/m1/s1. The van der Waals surface area contributed by atoms with Gasteiger partial charge >= 0.3 is 5.97 Å². The third-order valence-electron chi connectivity index (χ3n) is 12.8. The van der Waals surface area contributed by atoms with Gasteiger partial charge in [-0.2, -0.15) is 0 Å². The van der Waals surface area contributed by atoms with Gasteiger partial charge in [-0.05, 0) is 108 Å². The van der Waals surface area contributed by atoms with Crippen molar-refractivity contribution in [2.75, 3.05) is 0 Å². The van der Waals surface area contributed by atoms with Crippen LogP contribution in [-0.4, -0.2) is 22.3 Å². The maximum absolute atomic E-state index is 12.8. The summed E-state index contributed by atoms with van der Waals surface area (Å²) in [6, 6.07) is 0. The normalized spacial score (nSPS) is 52.9. The van der Waals surface area contributed by atoms with Crippen LogP contribution >= 0.6 is 0 Å². The van der Waals surface area contributed by atoms with E-state index in [1.165, 1.54) is 11.1 Å². The number of hydrogen-bond donors (Lipinski definition) is 2. The van der Waals surface area contributed by atoms with Gasteiger partial charge in [0, 0.05) is 0 Å². The lowest BCUT2D eigenvalue weighted by atomic mass is 9.35. The van der Waals surface area contributed by atoms with Gasteiger partial charge in [-0.25, -0.2) is 0 Å². The number of aliphatic hydroxyl groups is 1. The highest BCUT2D eigenvalue weighted by atomic mass is 16.4. The van der Waals surface area contributed by atoms with Gasteiger partial charge < -0.3 is 10.2 Å². The van der Waals surface area contributed by atoms with Crippen LogP contribution in [0, 0.1) is 50.7 Å². The highest BCUT2D eigenvalue weighted by Gasteiger charge is 2.67. The average molecular weight is 455 g/mol. The lowest BCUT2D eigenvalue weighted by Gasteiger charge is -2.69. The Kier molecular flexibility index (Phi) is 5.01. The summed E-state index contributed by atoms with van der Waals surface area (Å²) in [7, 11) is 0. The van der Waals surface area contributed by atoms with Gasteiger partial charge in [0.2, 0.25) is 0 Å². The highest BCUT2D eigenvalue weighted by molar-refractivity contribution is 5.80. The number of fused-ring (bicyclic) bond motifs is 6. The Balaban J connectivity index is 1.69. The Morgan fingerprint density at radius 3 is 2.30 bits per heavy atom. The van der Waals surface area contributed by atoms with Crippen molar-refractivity contribution in [1.29, 1.82) is 0 Å². The molecule has 2 N–H and O–H groups in total. The third-order valence-corrected chi connectivity index (χ3v) is 12.8. The first kappa shape index (κ1) is 23.6. The van der Waals surface area contributed by atoms with Crippen molar-refractivity contribution in [2.24, 2.45) is 50.7 Å². The van der Waals surface area contributed by atoms with Gasteiger partial charge in [-0.1, -0.05) is 60.6 Å². The van der Waals surface area contributed by atoms with Crippen LogP contribution in [-0.2, 0) is 4.79 Å². The smallest absolute Gasteiger partial charge is 0.313 e. The van der Waals surface area contributed by atoms with E-state index in [0.717, 1.165) is 51.4 Å². The van der Waals surface area contributed by atoms with Gasteiger partial charge in [0.25, 0.3) is 0 Å². The predicted molar refractivity (Wildman–Crippen MR) is 133 cm³/mol. The molecular formula is C30H46O3. The number of aliphatic hydroxyl groups excluding tert-OH is 1. The highest BCUT2D eigenvalue weighted by Crippen LogP contribution is 2.74. The van der Waals surface area contributed by atoms with Gasteiger partial charge in [0.1, 0.15) is 0 Å². The van der Waals surface area contributed by atoms with Crippen molar-refractivity contribution in [2.45, 2.75) is 106 Å². The number of allylic oxidation sites excluding steroid dienone is 3. The van der Waals surface area contributed by atoms with Crippen LogP contribution in [0.4, 0.5) is 0 Å². The van der Waals surface area contributed by atoms with Crippen molar-refractivity contribution >= 4 is 5.97 Å². The molecule has 5 aliphatic rings. The number of carbonyl (C=O) groups is 1. The Labute approximate surface area is 201 Å².